The second-order valence-electron chi connectivity index (χ2n) is 16.9. The van der Waals surface area contributed by atoms with Crippen molar-refractivity contribution in [2.75, 3.05) is 26.4 Å². The summed E-state index contributed by atoms with van der Waals surface area (Å²) in [5.41, 5.74) is 0. The molecule has 0 aliphatic heterocycles. The molecule has 0 aromatic heterocycles. The van der Waals surface area contributed by atoms with E-state index in [4.69, 9.17) is 23.8 Å². The molecule has 0 aliphatic carbocycles. The lowest BCUT2D eigenvalue weighted by Crippen LogP contribution is -2.30. The molecule has 0 heterocycles. The Bertz CT molecular complexity index is 1360. The van der Waals surface area contributed by atoms with Gasteiger partial charge in [0.05, 0.1) is 32.0 Å². The van der Waals surface area contributed by atoms with Crippen LogP contribution in [0.25, 0.3) is 0 Å². The summed E-state index contributed by atoms with van der Waals surface area (Å²) < 4.78 is 47.7. The number of rotatable bonds is 44. The second kappa shape index (κ2) is 41.2. The van der Waals surface area contributed by atoms with Gasteiger partial charge in [0, 0.05) is 12.8 Å². The van der Waals surface area contributed by atoms with Crippen molar-refractivity contribution in [3.05, 3.63) is 48.6 Å². The number of hydrogen-bond acceptors (Lipinski definition) is 12. The van der Waals surface area contributed by atoms with Gasteiger partial charge in [0.15, 0.2) is 6.10 Å². The molecule has 0 fully saturated rings. The van der Waals surface area contributed by atoms with Crippen LogP contribution in [0.1, 0.15) is 181 Å². The lowest BCUT2D eigenvalue weighted by atomic mass is 10.0. The van der Waals surface area contributed by atoms with Crippen LogP contribution < -0.4 is 0 Å². The molecule has 374 valence electrons. The highest BCUT2D eigenvalue weighted by Gasteiger charge is 2.28. The Morgan fingerprint density at radius 3 is 1.50 bits per heavy atom. The molecule has 5 atom stereocenters. The number of aliphatic hydroxyl groups is 3. The molecule has 17 heteroatoms. The third-order valence-electron chi connectivity index (χ3n) is 10.1. The summed E-state index contributed by atoms with van der Waals surface area (Å²) in [6, 6.07) is 0. The summed E-state index contributed by atoms with van der Waals surface area (Å²) in [5.74, 6) is -0.451. The number of esters is 2. The van der Waals surface area contributed by atoms with Crippen molar-refractivity contribution in [2.24, 2.45) is 5.92 Å². The first kappa shape index (κ1) is 62.0. The minimum absolute atomic E-state index is 0.0527. The van der Waals surface area contributed by atoms with Crippen LogP contribution in [0, 0.1) is 5.92 Å². The lowest BCUT2D eigenvalue weighted by Gasteiger charge is -2.20. The maximum absolute atomic E-state index is 12.7. The van der Waals surface area contributed by atoms with Crippen LogP contribution in [-0.4, -0.2) is 92.8 Å². The number of allylic oxidation sites excluding steroid dienone is 6. The van der Waals surface area contributed by atoms with Crippen LogP contribution in [-0.2, 0) is 41.8 Å². The van der Waals surface area contributed by atoms with E-state index in [2.05, 4.69) is 29.8 Å². The van der Waals surface area contributed by atoms with Gasteiger partial charge in [-0.25, -0.2) is 9.13 Å². The molecule has 15 nitrogen and oxygen atoms in total. The highest BCUT2D eigenvalue weighted by atomic mass is 31.2. The SMILES string of the molecule is CCCCC[C@H](O)/C=C/C=C\C/C=C\C=C\[C@H](O)CCCC(=O)OC[C@H](COP(=O)(O)OC[C@@H](O)COP(=O)(O)O)OC(=O)CCCCCCCCCCCCCCCCCC(C)C. The molecule has 0 amide bonds. The van der Waals surface area contributed by atoms with Crippen LogP contribution in [0.15, 0.2) is 48.6 Å². The van der Waals surface area contributed by atoms with Crippen molar-refractivity contribution in [1.29, 1.82) is 0 Å². The van der Waals surface area contributed by atoms with Crippen molar-refractivity contribution < 1.29 is 71.8 Å². The number of phosphoric acid groups is 2. The van der Waals surface area contributed by atoms with Crippen molar-refractivity contribution in [1.82, 2.24) is 0 Å². The van der Waals surface area contributed by atoms with Crippen LogP contribution in [0.2, 0.25) is 0 Å². The van der Waals surface area contributed by atoms with Gasteiger partial charge in [0.1, 0.15) is 12.7 Å². The maximum atomic E-state index is 12.7. The molecule has 0 bridgehead atoms. The predicted molar refractivity (Wildman–Crippen MR) is 251 cm³/mol. The quantitative estimate of drug-likeness (QED) is 0.0144. The minimum Gasteiger partial charge on any atom is -0.462 e. The fourth-order valence-corrected chi connectivity index (χ4v) is 7.55. The Balaban J connectivity index is 4.66. The average molecular weight is 953 g/mol. The van der Waals surface area contributed by atoms with Gasteiger partial charge in [-0.05, 0) is 38.0 Å². The molecule has 64 heavy (non-hydrogen) atoms. The zero-order valence-electron chi connectivity index (χ0n) is 39.3. The van der Waals surface area contributed by atoms with Gasteiger partial charge < -0.3 is 39.5 Å². The minimum atomic E-state index is -4.89. The van der Waals surface area contributed by atoms with E-state index in [0.29, 0.717) is 19.3 Å². The first-order chi connectivity index (χ1) is 30.5. The zero-order chi connectivity index (χ0) is 47.7. The average Bonchev–Trinajstić information content (AvgIpc) is 3.23. The standard InChI is InChI=1S/C47H86O15P2/c1-4-5-24-31-42(48)32-26-21-17-15-18-22-27-33-43(49)34-29-36-46(51)58-39-45(40-61-64(56,57)60-38-44(50)37-59-63(53,54)55)62-47(52)35-28-23-19-14-12-10-8-6-7-9-11-13-16-20-25-30-41(2)3/h17-18,21-22,26-27,32-33,41-45,48-50H,4-16,19-20,23-25,28-31,34-40H2,1-3H3,(H,56,57)(H2,53,54,55)/b21-17-,22-18-,32-26+,33-27+/t42-,43-,44-,45+/m0/s1. The number of aliphatic hydroxyl groups excluding tert-OH is 3. The molecule has 0 aliphatic rings. The van der Waals surface area contributed by atoms with E-state index >= 15 is 0 Å². The van der Waals surface area contributed by atoms with Crippen LogP contribution in [0.5, 0.6) is 0 Å². The molecule has 0 saturated carbocycles. The Labute approximate surface area is 385 Å². The highest BCUT2D eigenvalue weighted by molar-refractivity contribution is 7.47. The fourth-order valence-electron chi connectivity index (χ4n) is 6.39. The fraction of sp³-hybridized carbons (Fsp3) is 0.787. The molecule has 1 unspecified atom stereocenters. The number of ether oxygens (including phenoxy) is 2. The lowest BCUT2D eigenvalue weighted by molar-refractivity contribution is -0.161. The van der Waals surface area contributed by atoms with Crippen molar-refractivity contribution in [3.8, 4) is 0 Å². The molecular weight excluding hydrogens is 866 g/mol. The van der Waals surface area contributed by atoms with E-state index in [0.717, 1.165) is 57.3 Å². The van der Waals surface area contributed by atoms with Crippen LogP contribution in [0.4, 0.5) is 0 Å². The molecule has 0 saturated heterocycles. The Morgan fingerprint density at radius 2 is 0.984 bits per heavy atom. The van der Waals surface area contributed by atoms with Gasteiger partial charge >= 0.3 is 27.6 Å². The normalized spacial score (nSPS) is 15.4. The molecule has 0 aromatic rings. The predicted octanol–water partition coefficient (Wildman–Crippen LogP) is 10.4. The Kier molecular flexibility index (Phi) is 39.9. The molecular formula is C47H86O15P2. The number of unbranched alkanes of at least 4 members (excludes halogenated alkanes) is 16. The maximum Gasteiger partial charge on any atom is 0.472 e. The summed E-state index contributed by atoms with van der Waals surface area (Å²) in [7, 11) is -9.76. The van der Waals surface area contributed by atoms with Crippen molar-refractivity contribution in [2.45, 2.75) is 206 Å². The molecule has 6 N–H and O–H groups in total. The monoisotopic (exact) mass is 953 g/mol. The first-order valence-electron chi connectivity index (χ1n) is 23.9. The van der Waals surface area contributed by atoms with Gasteiger partial charge in [-0.1, -0.05) is 185 Å². The second-order valence-corrected chi connectivity index (χ2v) is 19.6. The smallest absolute Gasteiger partial charge is 0.462 e. The third-order valence-corrected chi connectivity index (χ3v) is 11.5. The van der Waals surface area contributed by atoms with Crippen LogP contribution in [0.3, 0.4) is 0 Å². The van der Waals surface area contributed by atoms with E-state index in [9.17, 15) is 38.9 Å². The molecule has 0 spiro atoms. The van der Waals surface area contributed by atoms with E-state index < -0.39 is 78.4 Å². The Hall–Kier alpha value is -2.00. The summed E-state index contributed by atoms with van der Waals surface area (Å²) in [6.07, 6.45) is 34.6. The van der Waals surface area contributed by atoms with Gasteiger partial charge in [0.25, 0.3) is 0 Å². The summed E-state index contributed by atoms with van der Waals surface area (Å²) in [6.45, 7) is 3.75. The molecule has 0 radical (unpaired) electrons. The van der Waals surface area contributed by atoms with E-state index in [1.165, 1.54) is 70.6 Å². The number of phosphoric ester groups is 2. The largest absolute Gasteiger partial charge is 0.472 e. The first-order valence-corrected chi connectivity index (χ1v) is 26.9. The summed E-state index contributed by atoms with van der Waals surface area (Å²) >= 11 is 0. The number of carbonyl (C=O) groups is 2. The van der Waals surface area contributed by atoms with Crippen LogP contribution >= 0.6 is 15.6 Å². The van der Waals surface area contributed by atoms with E-state index in [1.54, 1.807) is 24.3 Å². The topological polar surface area (TPSA) is 236 Å². The Morgan fingerprint density at radius 1 is 0.531 bits per heavy atom. The third kappa shape index (κ3) is 45.2. The van der Waals surface area contributed by atoms with Gasteiger partial charge in [0.2, 0.25) is 0 Å². The van der Waals surface area contributed by atoms with E-state index in [1.807, 2.05) is 24.3 Å². The zero-order valence-corrected chi connectivity index (χ0v) is 41.1. The van der Waals surface area contributed by atoms with Gasteiger partial charge in [-0.3, -0.25) is 23.2 Å². The van der Waals surface area contributed by atoms with E-state index in [-0.39, 0.29) is 19.3 Å². The molecule has 0 aromatic carbocycles. The highest BCUT2D eigenvalue weighted by Crippen LogP contribution is 2.43. The van der Waals surface area contributed by atoms with Gasteiger partial charge in [-0.2, -0.15) is 0 Å². The van der Waals surface area contributed by atoms with Gasteiger partial charge in [-0.15, -0.1) is 0 Å². The van der Waals surface area contributed by atoms with Crippen molar-refractivity contribution in [3.63, 3.8) is 0 Å². The molecule has 0 rings (SSSR count). The number of carbonyl (C=O) groups excluding carboxylic acids is 2. The summed E-state index contributed by atoms with van der Waals surface area (Å²) in [5, 5.41) is 29.9. The summed E-state index contributed by atoms with van der Waals surface area (Å²) in [4.78, 5) is 52.8. The number of hydrogen-bond donors (Lipinski definition) is 6. The van der Waals surface area contributed by atoms with Crippen molar-refractivity contribution >= 4 is 27.6 Å².